The molecule has 0 aromatic heterocycles. The fourth-order valence-corrected chi connectivity index (χ4v) is 5.32. The number of nitrogens with zero attached hydrogens (tertiary/aromatic N) is 2. The zero-order valence-electron chi connectivity index (χ0n) is 18.6. The van der Waals surface area contributed by atoms with E-state index in [0.717, 1.165) is 31.9 Å². The highest BCUT2D eigenvalue weighted by molar-refractivity contribution is 7.99. The number of benzene rings is 2. The molecule has 0 unspecified atom stereocenters. The van der Waals surface area contributed by atoms with Crippen molar-refractivity contribution < 1.29 is 21.6 Å². The Labute approximate surface area is 195 Å². The molecule has 2 rings (SSSR count). The zero-order chi connectivity index (χ0) is 23.9. The molecule has 0 bridgehead atoms. The molecule has 0 aliphatic rings. The van der Waals surface area contributed by atoms with Crippen molar-refractivity contribution in [1.82, 2.24) is 9.62 Å². The van der Waals surface area contributed by atoms with E-state index in [0.29, 0.717) is 6.54 Å². The van der Waals surface area contributed by atoms with Crippen molar-refractivity contribution in [3.8, 4) is 0 Å². The SMILES string of the molecule is Cc1ccc(SCCCNC(=O)CN(c2ccc(S(=O)(=O)N(C)C)cc2)S(C)(=O)=O)cc1. The minimum Gasteiger partial charge on any atom is -0.354 e. The molecule has 0 saturated heterocycles. The fraction of sp³-hybridized carbons (Fsp3) is 0.381. The van der Waals surface area contributed by atoms with Crippen LogP contribution in [0.15, 0.2) is 58.3 Å². The van der Waals surface area contributed by atoms with Gasteiger partial charge in [-0.3, -0.25) is 9.10 Å². The predicted octanol–water partition coefficient (Wildman–Crippen LogP) is 2.31. The van der Waals surface area contributed by atoms with Crippen LogP contribution in [0, 0.1) is 6.92 Å². The molecule has 0 aliphatic carbocycles. The summed E-state index contributed by atoms with van der Waals surface area (Å²) in [5, 5.41) is 2.74. The van der Waals surface area contributed by atoms with Crippen molar-refractivity contribution in [1.29, 1.82) is 0 Å². The number of thioether (sulfide) groups is 1. The minimum absolute atomic E-state index is 0.0372. The predicted molar refractivity (Wildman–Crippen MR) is 129 cm³/mol. The maximum Gasteiger partial charge on any atom is 0.242 e. The average molecular weight is 500 g/mol. The van der Waals surface area contributed by atoms with Crippen LogP contribution in [0.1, 0.15) is 12.0 Å². The Bertz CT molecular complexity index is 1110. The molecule has 32 heavy (non-hydrogen) atoms. The first-order valence-electron chi connectivity index (χ1n) is 9.88. The number of rotatable bonds is 11. The molecule has 1 N–H and O–H groups in total. The molecule has 0 aliphatic heterocycles. The van der Waals surface area contributed by atoms with Crippen molar-refractivity contribution in [3.05, 3.63) is 54.1 Å². The second kappa shape index (κ2) is 11.2. The number of sulfonamides is 2. The lowest BCUT2D eigenvalue weighted by atomic mass is 10.2. The van der Waals surface area contributed by atoms with Crippen molar-refractivity contribution in [3.63, 3.8) is 0 Å². The van der Waals surface area contributed by atoms with Gasteiger partial charge in [0, 0.05) is 25.5 Å². The van der Waals surface area contributed by atoms with Crippen molar-refractivity contribution >= 4 is 43.4 Å². The Morgan fingerprint density at radius 2 is 1.56 bits per heavy atom. The summed E-state index contributed by atoms with van der Waals surface area (Å²) in [7, 11) is -4.55. The third-order valence-electron chi connectivity index (χ3n) is 4.52. The first kappa shape index (κ1) is 26.2. The lowest BCUT2D eigenvalue weighted by molar-refractivity contribution is -0.119. The van der Waals surface area contributed by atoms with Gasteiger partial charge in [0.2, 0.25) is 26.0 Å². The molecule has 2 aromatic carbocycles. The second-order valence-corrected chi connectivity index (χ2v) is 12.6. The fourth-order valence-electron chi connectivity index (χ4n) is 2.71. The van der Waals surface area contributed by atoms with E-state index in [2.05, 4.69) is 17.4 Å². The number of hydrogen-bond donors (Lipinski definition) is 1. The highest BCUT2D eigenvalue weighted by atomic mass is 32.2. The molecule has 8 nitrogen and oxygen atoms in total. The van der Waals surface area contributed by atoms with Crippen molar-refractivity contribution in [2.45, 2.75) is 23.1 Å². The van der Waals surface area contributed by atoms with Crippen LogP contribution in [-0.4, -0.2) is 66.2 Å². The molecule has 0 fully saturated rings. The monoisotopic (exact) mass is 499 g/mol. The number of aryl methyl sites for hydroxylation is 1. The lowest BCUT2D eigenvalue weighted by Crippen LogP contribution is -2.40. The summed E-state index contributed by atoms with van der Waals surface area (Å²) in [6.45, 7) is 2.07. The van der Waals surface area contributed by atoms with Crippen LogP contribution < -0.4 is 9.62 Å². The van der Waals surface area contributed by atoms with Crippen LogP contribution in [0.4, 0.5) is 5.69 Å². The second-order valence-electron chi connectivity index (χ2n) is 7.42. The van der Waals surface area contributed by atoms with Gasteiger partial charge in [0.1, 0.15) is 6.54 Å². The normalized spacial score (nSPS) is 12.0. The summed E-state index contributed by atoms with van der Waals surface area (Å²) in [5.74, 6) is 0.391. The van der Waals surface area contributed by atoms with E-state index in [1.807, 2.05) is 19.1 Å². The molecule has 176 valence electrons. The Kier molecular flexibility index (Phi) is 9.14. The van der Waals surface area contributed by atoms with Gasteiger partial charge >= 0.3 is 0 Å². The van der Waals surface area contributed by atoms with E-state index in [1.165, 1.54) is 43.9 Å². The number of anilines is 1. The Hall–Kier alpha value is -2.08. The lowest BCUT2D eigenvalue weighted by Gasteiger charge is -2.22. The Morgan fingerprint density at radius 3 is 2.09 bits per heavy atom. The molecule has 0 heterocycles. The number of nitrogens with one attached hydrogen (secondary N) is 1. The molecule has 0 saturated carbocycles. The van der Waals surface area contributed by atoms with Crippen LogP contribution in [-0.2, 0) is 24.8 Å². The minimum atomic E-state index is -3.74. The summed E-state index contributed by atoms with van der Waals surface area (Å²) in [6.07, 6.45) is 1.74. The number of carbonyl (C=O) groups is 1. The van der Waals surface area contributed by atoms with Gasteiger partial charge in [-0.2, -0.15) is 0 Å². The zero-order valence-corrected chi connectivity index (χ0v) is 21.1. The van der Waals surface area contributed by atoms with Gasteiger partial charge in [0.05, 0.1) is 16.8 Å². The molecular weight excluding hydrogens is 470 g/mol. The van der Waals surface area contributed by atoms with Gasteiger partial charge in [-0.1, -0.05) is 17.7 Å². The Balaban J connectivity index is 1.93. The van der Waals surface area contributed by atoms with E-state index in [4.69, 9.17) is 0 Å². The highest BCUT2D eigenvalue weighted by Gasteiger charge is 2.22. The van der Waals surface area contributed by atoms with E-state index >= 15 is 0 Å². The van der Waals surface area contributed by atoms with Crippen LogP contribution in [0.25, 0.3) is 0 Å². The smallest absolute Gasteiger partial charge is 0.242 e. The van der Waals surface area contributed by atoms with Gasteiger partial charge in [0.15, 0.2) is 0 Å². The van der Waals surface area contributed by atoms with Crippen LogP contribution >= 0.6 is 11.8 Å². The molecule has 11 heteroatoms. The van der Waals surface area contributed by atoms with Gasteiger partial charge in [0.25, 0.3) is 0 Å². The molecule has 0 radical (unpaired) electrons. The maximum atomic E-state index is 12.3. The third kappa shape index (κ3) is 7.51. The summed E-state index contributed by atoms with van der Waals surface area (Å²) in [6, 6.07) is 13.6. The van der Waals surface area contributed by atoms with Crippen LogP contribution in [0.5, 0.6) is 0 Å². The standard InChI is InChI=1S/C21H29N3O5S3/c1-17-6-10-19(11-7-17)30-15-5-14-22-21(25)16-24(31(4,26)27)18-8-12-20(13-9-18)32(28,29)23(2)3/h6-13H,5,14-16H2,1-4H3,(H,22,25). The largest absolute Gasteiger partial charge is 0.354 e. The summed E-state index contributed by atoms with van der Waals surface area (Å²) in [5.41, 5.74) is 1.42. The maximum absolute atomic E-state index is 12.3. The number of hydrogen-bond acceptors (Lipinski definition) is 6. The molecule has 0 atom stereocenters. The topological polar surface area (TPSA) is 104 Å². The van der Waals surface area contributed by atoms with Gasteiger partial charge in [-0.05, 0) is 55.5 Å². The Morgan fingerprint density at radius 1 is 0.969 bits per heavy atom. The van der Waals surface area contributed by atoms with E-state index in [1.54, 1.807) is 11.8 Å². The molecule has 0 spiro atoms. The van der Waals surface area contributed by atoms with Crippen molar-refractivity contribution in [2.24, 2.45) is 0 Å². The third-order valence-corrected chi connectivity index (χ3v) is 8.59. The summed E-state index contributed by atoms with van der Waals surface area (Å²) < 4.78 is 50.9. The van der Waals surface area contributed by atoms with Crippen LogP contribution in [0.3, 0.4) is 0 Å². The number of carbonyl (C=O) groups excluding carboxylic acids is 1. The van der Waals surface area contributed by atoms with Gasteiger partial charge in [-0.15, -0.1) is 11.8 Å². The van der Waals surface area contributed by atoms with Gasteiger partial charge in [-0.25, -0.2) is 21.1 Å². The van der Waals surface area contributed by atoms with Crippen LogP contribution in [0.2, 0.25) is 0 Å². The van der Waals surface area contributed by atoms with Crippen molar-refractivity contribution in [2.75, 3.05) is 43.5 Å². The first-order valence-corrected chi connectivity index (χ1v) is 14.1. The molecule has 2 aromatic rings. The summed E-state index contributed by atoms with van der Waals surface area (Å²) in [4.78, 5) is 13.5. The quantitative estimate of drug-likeness (QED) is 0.376. The first-order chi connectivity index (χ1) is 14.9. The average Bonchev–Trinajstić information content (AvgIpc) is 2.72. The van der Waals surface area contributed by atoms with Gasteiger partial charge < -0.3 is 5.32 Å². The van der Waals surface area contributed by atoms with E-state index < -0.39 is 26.0 Å². The van der Waals surface area contributed by atoms with E-state index in [-0.39, 0.29) is 17.1 Å². The molecule has 1 amide bonds. The number of amides is 1. The van der Waals surface area contributed by atoms with E-state index in [9.17, 15) is 21.6 Å². The molecular formula is C21H29N3O5S3. The highest BCUT2D eigenvalue weighted by Crippen LogP contribution is 2.22. The summed E-state index contributed by atoms with van der Waals surface area (Å²) >= 11 is 1.69.